The van der Waals surface area contributed by atoms with Gasteiger partial charge in [0.1, 0.15) is 5.70 Å². The number of nitrogens with zero attached hydrogens (tertiary/aromatic N) is 2. The van der Waals surface area contributed by atoms with Gasteiger partial charge in [0.15, 0.2) is 5.11 Å². The van der Waals surface area contributed by atoms with Gasteiger partial charge in [-0.05, 0) is 48.1 Å². The predicted octanol–water partition coefficient (Wildman–Crippen LogP) is 3.50. The maximum absolute atomic E-state index is 12.7. The highest BCUT2D eigenvalue weighted by molar-refractivity contribution is 7.80. The van der Waals surface area contributed by atoms with Gasteiger partial charge in [-0.2, -0.15) is 0 Å². The molecule has 0 saturated carbocycles. The lowest BCUT2D eigenvalue weighted by Crippen LogP contribution is -2.30. The molecule has 2 aromatic carbocycles. The van der Waals surface area contributed by atoms with E-state index in [0.29, 0.717) is 10.8 Å². The molecule has 0 radical (unpaired) electrons. The van der Waals surface area contributed by atoms with Gasteiger partial charge in [-0.3, -0.25) is 14.7 Å². The minimum absolute atomic E-state index is 0.160. The van der Waals surface area contributed by atoms with E-state index in [-0.39, 0.29) is 5.91 Å². The van der Waals surface area contributed by atoms with Crippen LogP contribution in [-0.4, -0.2) is 16.0 Å². The van der Waals surface area contributed by atoms with Crippen LogP contribution in [-0.2, 0) is 4.79 Å². The summed E-state index contributed by atoms with van der Waals surface area (Å²) in [5, 5.41) is 4.39. The van der Waals surface area contributed by atoms with Crippen molar-refractivity contribution in [3.05, 3.63) is 78.1 Å². The summed E-state index contributed by atoms with van der Waals surface area (Å²) in [6.45, 7) is 0. The summed E-state index contributed by atoms with van der Waals surface area (Å²) in [5.41, 5.74) is 3.03. The lowest BCUT2D eigenvalue weighted by atomic mass is 10.1. The number of pyridine rings is 1. The minimum atomic E-state index is -0.160. The number of nitrogens with one attached hydrogen (secondary N) is 1. The second-order valence-corrected chi connectivity index (χ2v) is 5.77. The highest BCUT2D eigenvalue weighted by Crippen LogP contribution is 2.24. The van der Waals surface area contributed by atoms with Gasteiger partial charge in [-0.15, -0.1) is 0 Å². The number of hydrogen-bond donors (Lipinski definition) is 1. The second kappa shape index (κ2) is 5.86. The topological polar surface area (TPSA) is 45.2 Å². The number of anilines is 1. The van der Waals surface area contributed by atoms with Crippen LogP contribution in [0.1, 0.15) is 5.56 Å². The summed E-state index contributed by atoms with van der Waals surface area (Å²) in [4.78, 5) is 18.6. The number of thiocarbonyl (C=S) groups is 1. The van der Waals surface area contributed by atoms with Crippen LogP contribution in [0.2, 0.25) is 0 Å². The molecule has 1 N–H and O–H groups in total. The Bertz CT molecular complexity index is 977. The van der Waals surface area contributed by atoms with Crippen molar-refractivity contribution >= 4 is 45.9 Å². The monoisotopic (exact) mass is 331 g/mol. The highest BCUT2D eigenvalue weighted by atomic mass is 32.1. The van der Waals surface area contributed by atoms with Gasteiger partial charge in [0.2, 0.25) is 0 Å². The Morgan fingerprint density at radius 2 is 1.75 bits per heavy atom. The summed E-state index contributed by atoms with van der Waals surface area (Å²) >= 11 is 5.33. The van der Waals surface area contributed by atoms with Crippen LogP contribution >= 0.6 is 12.2 Å². The van der Waals surface area contributed by atoms with Gasteiger partial charge in [0, 0.05) is 11.6 Å². The zero-order valence-corrected chi connectivity index (χ0v) is 13.5. The third-order valence-electron chi connectivity index (χ3n) is 3.88. The first kappa shape index (κ1) is 14.5. The number of aromatic nitrogens is 1. The molecule has 0 atom stereocenters. The van der Waals surface area contributed by atoms with Gasteiger partial charge in [-0.1, -0.05) is 36.4 Å². The molecule has 5 heteroatoms. The van der Waals surface area contributed by atoms with Crippen LogP contribution in [0, 0.1) is 0 Å². The Labute approximate surface area is 144 Å². The molecule has 3 aromatic rings. The highest BCUT2D eigenvalue weighted by Gasteiger charge is 2.31. The van der Waals surface area contributed by atoms with Crippen molar-refractivity contribution in [2.24, 2.45) is 0 Å². The van der Waals surface area contributed by atoms with Crippen LogP contribution in [0.3, 0.4) is 0 Å². The largest absolute Gasteiger partial charge is 0.327 e. The maximum Gasteiger partial charge on any atom is 0.281 e. The number of fused-ring (bicyclic) bond motifs is 1. The van der Waals surface area contributed by atoms with Crippen LogP contribution in [0.15, 0.2) is 72.6 Å². The van der Waals surface area contributed by atoms with Gasteiger partial charge in [-0.25, -0.2) is 0 Å². The van der Waals surface area contributed by atoms with Gasteiger partial charge >= 0.3 is 0 Å². The van der Waals surface area contributed by atoms with Crippen molar-refractivity contribution in [2.75, 3.05) is 4.90 Å². The summed E-state index contributed by atoms with van der Waals surface area (Å²) in [5.74, 6) is -0.160. The predicted molar refractivity (Wildman–Crippen MR) is 99.4 cm³/mol. The zero-order valence-electron chi connectivity index (χ0n) is 12.6. The van der Waals surface area contributed by atoms with Crippen molar-refractivity contribution in [1.82, 2.24) is 10.3 Å². The van der Waals surface area contributed by atoms with E-state index in [0.717, 1.165) is 22.2 Å². The molecule has 0 bridgehead atoms. The molecule has 1 aliphatic heterocycles. The smallest absolute Gasteiger partial charge is 0.281 e. The van der Waals surface area contributed by atoms with Crippen molar-refractivity contribution < 1.29 is 4.79 Å². The van der Waals surface area contributed by atoms with Crippen LogP contribution in [0.25, 0.3) is 17.0 Å². The number of hydrogen-bond acceptors (Lipinski definition) is 3. The molecular weight excluding hydrogens is 318 g/mol. The fourth-order valence-corrected chi connectivity index (χ4v) is 3.04. The minimum Gasteiger partial charge on any atom is -0.327 e. The van der Waals surface area contributed by atoms with E-state index in [2.05, 4.69) is 10.3 Å². The molecule has 116 valence electrons. The fourth-order valence-electron chi connectivity index (χ4n) is 2.75. The molecule has 4 nitrogen and oxygen atoms in total. The molecule has 0 unspecified atom stereocenters. The first-order valence-electron chi connectivity index (χ1n) is 7.50. The third kappa shape index (κ3) is 2.45. The Morgan fingerprint density at radius 3 is 2.58 bits per heavy atom. The van der Waals surface area contributed by atoms with Gasteiger partial charge < -0.3 is 5.32 Å². The van der Waals surface area contributed by atoms with E-state index in [9.17, 15) is 4.79 Å². The van der Waals surface area contributed by atoms with Crippen LogP contribution in [0.4, 0.5) is 5.69 Å². The molecule has 0 aliphatic carbocycles. The average molecular weight is 331 g/mol. The molecule has 2 heterocycles. The Balaban J connectivity index is 1.76. The number of rotatable bonds is 2. The van der Waals surface area contributed by atoms with E-state index >= 15 is 0 Å². The SMILES string of the molecule is O=C1/C(=C\c2ccnc3ccccc23)NC(=S)N1c1ccccc1. The van der Waals surface area contributed by atoms with E-state index in [1.54, 1.807) is 6.20 Å². The van der Waals surface area contributed by atoms with Crippen molar-refractivity contribution in [1.29, 1.82) is 0 Å². The normalized spacial score (nSPS) is 16.0. The summed E-state index contributed by atoms with van der Waals surface area (Å²) in [6.07, 6.45) is 3.56. The summed E-state index contributed by atoms with van der Waals surface area (Å²) in [6, 6.07) is 19.1. The van der Waals surface area contributed by atoms with Crippen molar-refractivity contribution in [3.8, 4) is 0 Å². The summed E-state index contributed by atoms with van der Waals surface area (Å²) in [7, 11) is 0. The first-order valence-corrected chi connectivity index (χ1v) is 7.91. The zero-order chi connectivity index (χ0) is 16.5. The maximum atomic E-state index is 12.7. The van der Waals surface area contributed by atoms with Gasteiger partial charge in [0.05, 0.1) is 11.2 Å². The Morgan fingerprint density at radius 1 is 1.00 bits per heavy atom. The molecule has 1 fully saturated rings. The number of carbonyl (C=O) groups is 1. The van der Waals surface area contributed by atoms with E-state index in [4.69, 9.17) is 12.2 Å². The number of para-hydroxylation sites is 2. The van der Waals surface area contributed by atoms with Crippen molar-refractivity contribution in [3.63, 3.8) is 0 Å². The fraction of sp³-hybridized carbons (Fsp3) is 0. The lowest BCUT2D eigenvalue weighted by Gasteiger charge is -2.13. The lowest BCUT2D eigenvalue weighted by molar-refractivity contribution is -0.113. The van der Waals surface area contributed by atoms with E-state index in [1.807, 2.05) is 66.7 Å². The van der Waals surface area contributed by atoms with Crippen molar-refractivity contribution in [2.45, 2.75) is 0 Å². The molecule has 0 spiro atoms. The second-order valence-electron chi connectivity index (χ2n) is 5.38. The Hall–Kier alpha value is -3.05. The standard InChI is InChI=1S/C19H13N3OS/c23-18-17(21-19(24)22(18)14-6-2-1-3-7-14)12-13-10-11-20-16-9-5-4-8-15(13)16/h1-12H,(H,21,24)/b17-12+. The average Bonchev–Trinajstić information content (AvgIpc) is 2.90. The van der Waals surface area contributed by atoms with E-state index < -0.39 is 0 Å². The molecule has 1 saturated heterocycles. The van der Waals surface area contributed by atoms with Crippen LogP contribution < -0.4 is 10.2 Å². The summed E-state index contributed by atoms with van der Waals surface area (Å²) < 4.78 is 0. The molecule has 1 aliphatic rings. The molecule has 1 aromatic heterocycles. The number of amides is 1. The quantitative estimate of drug-likeness (QED) is 0.577. The first-order chi connectivity index (χ1) is 11.7. The van der Waals surface area contributed by atoms with Crippen LogP contribution in [0.5, 0.6) is 0 Å². The third-order valence-corrected chi connectivity index (χ3v) is 4.16. The Kier molecular flexibility index (Phi) is 3.55. The molecular formula is C19H13N3OS. The molecule has 1 amide bonds. The van der Waals surface area contributed by atoms with E-state index in [1.165, 1.54) is 4.90 Å². The number of benzene rings is 2. The molecule has 24 heavy (non-hydrogen) atoms. The molecule has 4 rings (SSSR count). The number of carbonyl (C=O) groups excluding carboxylic acids is 1. The van der Waals surface area contributed by atoms with Gasteiger partial charge in [0.25, 0.3) is 5.91 Å².